The van der Waals surface area contributed by atoms with Crippen molar-refractivity contribution >= 4 is 11.6 Å². The lowest BCUT2D eigenvalue weighted by Gasteiger charge is -2.04. The number of rotatable bonds is 3. The number of hydroxylamine groups is 1. The van der Waals surface area contributed by atoms with E-state index in [-0.39, 0.29) is 17.1 Å². The molecule has 0 saturated heterocycles. The smallest absolute Gasteiger partial charge is 0.142 e. The minimum atomic E-state index is -0.643. The molecule has 0 saturated carbocycles. The van der Waals surface area contributed by atoms with Crippen molar-refractivity contribution in [1.82, 2.24) is 5.48 Å². The molecule has 0 fully saturated rings. The molecule has 0 radical (unpaired) electrons. The van der Waals surface area contributed by atoms with Crippen molar-refractivity contribution in [2.45, 2.75) is 6.54 Å². The molecule has 0 aromatic heterocycles. The highest BCUT2D eigenvalue weighted by molar-refractivity contribution is 6.30. The minimum Gasteiger partial charge on any atom is -0.305 e. The number of benzene rings is 1. The largest absolute Gasteiger partial charge is 0.305 e. The summed E-state index contributed by atoms with van der Waals surface area (Å²) in [5, 5.41) is -0.223. The molecule has 13 heavy (non-hydrogen) atoms. The van der Waals surface area contributed by atoms with E-state index >= 15 is 0 Å². The maximum Gasteiger partial charge on any atom is 0.142 e. The summed E-state index contributed by atoms with van der Waals surface area (Å²) < 4.78 is 25.8. The van der Waals surface area contributed by atoms with E-state index in [0.717, 1.165) is 12.1 Å². The first-order chi connectivity index (χ1) is 6.15. The second kappa shape index (κ2) is 4.50. The third kappa shape index (κ3) is 2.62. The van der Waals surface area contributed by atoms with Crippen LogP contribution < -0.4 is 5.48 Å². The van der Waals surface area contributed by atoms with E-state index in [1.54, 1.807) is 0 Å². The van der Waals surface area contributed by atoms with Gasteiger partial charge >= 0.3 is 0 Å². The highest BCUT2D eigenvalue weighted by Crippen LogP contribution is 2.18. The molecule has 0 heterocycles. The third-order valence-corrected chi connectivity index (χ3v) is 1.79. The van der Waals surface area contributed by atoms with E-state index in [1.165, 1.54) is 7.11 Å². The van der Waals surface area contributed by atoms with Crippen LogP contribution in [0.2, 0.25) is 5.02 Å². The Morgan fingerprint density at radius 3 is 2.69 bits per heavy atom. The van der Waals surface area contributed by atoms with Crippen LogP contribution in [-0.2, 0) is 11.4 Å². The third-order valence-electron chi connectivity index (χ3n) is 1.50. The summed E-state index contributed by atoms with van der Waals surface area (Å²) >= 11 is 5.35. The van der Waals surface area contributed by atoms with E-state index in [9.17, 15) is 8.78 Å². The Kier molecular flexibility index (Phi) is 3.59. The van der Waals surface area contributed by atoms with E-state index < -0.39 is 11.6 Å². The molecule has 0 aliphatic carbocycles. The molecule has 0 aliphatic rings. The lowest BCUT2D eigenvalue weighted by atomic mass is 10.2. The average Bonchev–Trinajstić information content (AvgIpc) is 2.09. The van der Waals surface area contributed by atoms with Crippen LogP contribution in [0.1, 0.15) is 5.56 Å². The first kappa shape index (κ1) is 10.4. The number of nitrogens with one attached hydrogen (secondary N) is 1. The monoisotopic (exact) mass is 207 g/mol. The fourth-order valence-corrected chi connectivity index (χ4v) is 0.999. The van der Waals surface area contributed by atoms with Gasteiger partial charge in [-0.15, -0.1) is 0 Å². The molecule has 1 rings (SSSR count). The molecule has 5 heteroatoms. The lowest BCUT2D eigenvalue weighted by molar-refractivity contribution is 0.0858. The molecular weight excluding hydrogens is 200 g/mol. The normalized spacial score (nSPS) is 10.5. The van der Waals surface area contributed by atoms with E-state index in [2.05, 4.69) is 10.3 Å². The zero-order chi connectivity index (χ0) is 9.84. The van der Waals surface area contributed by atoms with Gasteiger partial charge < -0.3 is 4.84 Å². The summed E-state index contributed by atoms with van der Waals surface area (Å²) in [5.41, 5.74) is 2.57. The molecule has 0 atom stereocenters. The van der Waals surface area contributed by atoms with Crippen molar-refractivity contribution in [3.8, 4) is 0 Å². The van der Waals surface area contributed by atoms with Gasteiger partial charge in [0.2, 0.25) is 0 Å². The Morgan fingerprint density at radius 1 is 1.38 bits per heavy atom. The minimum absolute atomic E-state index is 0.0937. The van der Waals surface area contributed by atoms with Gasteiger partial charge in [-0.2, -0.15) is 5.48 Å². The van der Waals surface area contributed by atoms with Crippen LogP contribution in [0.5, 0.6) is 0 Å². The van der Waals surface area contributed by atoms with Crippen molar-refractivity contribution in [2.24, 2.45) is 0 Å². The number of halogens is 3. The summed E-state index contributed by atoms with van der Waals surface area (Å²) in [7, 11) is 1.39. The summed E-state index contributed by atoms with van der Waals surface area (Å²) in [6.07, 6.45) is 0. The maximum absolute atomic E-state index is 13.0. The van der Waals surface area contributed by atoms with Crippen molar-refractivity contribution in [3.63, 3.8) is 0 Å². The molecule has 1 N–H and O–H groups in total. The second-order valence-electron chi connectivity index (χ2n) is 2.38. The topological polar surface area (TPSA) is 21.3 Å². The first-order valence-electron chi connectivity index (χ1n) is 3.54. The zero-order valence-electron chi connectivity index (χ0n) is 6.90. The molecule has 0 aliphatic heterocycles. The highest BCUT2D eigenvalue weighted by Gasteiger charge is 2.07. The van der Waals surface area contributed by atoms with Crippen molar-refractivity contribution in [3.05, 3.63) is 34.4 Å². The van der Waals surface area contributed by atoms with E-state index in [4.69, 9.17) is 11.6 Å². The molecule has 1 aromatic carbocycles. The van der Waals surface area contributed by atoms with Gasteiger partial charge in [0.25, 0.3) is 0 Å². The summed E-state index contributed by atoms with van der Waals surface area (Å²) in [6, 6.07) is 1.97. The Labute approximate surface area is 79.4 Å². The molecule has 0 unspecified atom stereocenters. The Morgan fingerprint density at radius 2 is 2.08 bits per heavy atom. The summed E-state index contributed by atoms with van der Waals surface area (Å²) in [6.45, 7) is 0.0937. The van der Waals surface area contributed by atoms with Crippen LogP contribution in [0.3, 0.4) is 0 Å². The van der Waals surface area contributed by atoms with Crippen molar-refractivity contribution in [2.75, 3.05) is 7.11 Å². The van der Waals surface area contributed by atoms with Gasteiger partial charge in [0.15, 0.2) is 0 Å². The van der Waals surface area contributed by atoms with Gasteiger partial charge in [-0.3, -0.25) is 0 Å². The second-order valence-corrected chi connectivity index (χ2v) is 2.79. The summed E-state index contributed by atoms with van der Waals surface area (Å²) in [5.74, 6) is -1.20. The van der Waals surface area contributed by atoms with Gasteiger partial charge in [-0.05, 0) is 12.1 Å². The van der Waals surface area contributed by atoms with Gasteiger partial charge in [0, 0.05) is 12.1 Å². The van der Waals surface area contributed by atoms with Gasteiger partial charge in [0.05, 0.1) is 12.1 Å². The van der Waals surface area contributed by atoms with Crippen LogP contribution in [0.25, 0.3) is 0 Å². The first-order valence-corrected chi connectivity index (χ1v) is 3.92. The van der Waals surface area contributed by atoms with Crippen LogP contribution in [0.15, 0.2) is 12.1 Å². The molecular formula is C8H8ClF2NO. The van der Waals surface area contributed by atoms with Gasteiger partial charge in [0.1, 0.15) is 11.6 Å². The maximum atomic E-state index is 13.0. The molecule has 0 amide bonds. The molecule has 2 nitrogen and oxygen atoms in total. The standard InChI is InChI=1S/C8H8ClF2NO/c1-13-12-4-5-2-8(11)6(9)3-7(5)10/h2-3,12H,4H2,1H3. The predicted molar refractivity (Wildman–Crippen MR) is 45.2 cm³/mol. The zero-order valence-corrected chi connectivity index (χ0v) is 7.66. The van der Waals surface area contributed by atoms with Crippen LogP contribution in [0, 0.1) is 11.6 Å². The lowest BCUT2D eigenvalue weighted by Crippen LogP contribution is -2.12. The molecule has 0 spiro atoms. The van der Waals surface area contributed by atoms with Crippen LogP contribution >= 0.6 is 11.6 Å². The van der Waals surface area contributed by atoms with E-state index in [1.807, 2.05) is 0 Å². The quantitative estimate of drug-likeness (QED) is 0.607. The van der Waals surface area contributed by atoms with Gasteiger partial charge in [-0.1, -0.05) is 11.6 Å². The van der Waals surface area contributed by atoms with Crippen LogP contribution in [-0.4, -0.2) is 7.11 Å². The SMILES string of the molecule is CONCc1cc(F)c(Cl)cc1F. The van der Waals surface area contributed by atoms with Gasteiger partial charge in [-0.25, -0.2) is 8.78 Å². The molecule has 0 bridgehead atoms. The fraction of sp³-hybridized carbons (Fsp3) is 0.250. The number of hydrogen-bond acceptors (Lipinski definition) is 2. The summed E-state index contributed by atoms with van der Waals surface area (Å²) in [4.78, 5) is 4.50. The average molecular weight is 208 g/mol. The fourth-order valence-electron chi connectivity index (χ4n) is 0.849. The predicted octanol–water partition coefficient (Wildman–Crippen LogP) is 2.27. The Bertz CT molecular complexity index is 306. The molecule has 1 aromatic rings. The van der Waals surface area contributed by atoms with Crippen molar-refractivity contribution < 1.29 is 13.6 Å². The van der Waals surface area contributed by atoms with Crippen LogP contribution in [0.4, 0.5) is 8.78 Å². The Balaban J connectivity index is 2.88. The van der Waals surface area contributed by atoms with E-state index in [0.29, 0.717) is 0 Å². The highest BCUT2D eigenvalue weighted by atomic mass is 35.5. The van der Waals surface area contributed by atoms with Crippen molar-refractivity contribution in [1.29, 1.82) is 0 Å². The Hall–Kier alpha value is -0.710. The number of hydrogen-bond donors (Lipinski definition) is 1. The molecule has 72 valence electrons.